The Labute approximate surface area is 213 Å². The number of hydrogen-bond acceptors (Lipinski definition) is 6. The molecule has 2 aromatic heterocycles. The first-order valence-electron chi connectivity index (χ1n) is 11.8. The van der Waals surface area contributed by atoms with Gasteiger partial charge in [0.05, 0.1) is 30.7 Å². The summed E-state index contributed by atoms with van der Waals surface area (Å²) in [7, 11) is -2.62. The number of ether oxygens (including phenoxy) is 1. The van der Waals surface area contributed by atoms with Crippen LogP contribution in [-0.4, -0.2) is 31.0 Å². The van der Waals surface area contributed by atoms with E-state index in [0.29, 0.717) is 18.3 Å². The highest BCUT2D eigenvalue weighted by Gasteiger charge is 2.51. The second-order valence-electron chi connectivity index (χ2n) is 9.68. The number of thiazole rings is 1. The monoisotopic (exact) mass is 503 g/mol. The second kappa shape index (κ2) is 10.8. The lowest BCUT2D eigenvalue weighted by Crippen LogP contribution is -2.67. The van der Waals surface area contributed by atoms with Crippen LogP contribution in [0.1, 0.15) is 33.4 Å². The molecule has 0 saturated carbocycles. The van der Waals surface area contributed by atoms with E-state index in [-0.39, 0.29) is 11.1 Å². The molecule has 0 radical (unpaired) electrons. The van der Waals surface area contributed by atoms with E-state index in [1.165, 1.54) is 21.7 Å². The number of rotatable bonds is 9. The van der Waals surface area contributed by atoms with Gasteiger partial charge in [0.1, 0.15) is 0 Å². The number of nitrogen functional groups attached to an aromatic ring is 1. The first-order valence-corrected chi connectivity index (χ1v) is 14.6. The smallest absolute Gasteiger partial charge is 0.261 e. The van der Waals surface area contributed by atoms with Crippen molar-refractivity contribution >= 4 is 35.2 Å². The summed E-state index contributed by atoms with van der Waals surface area (Å²) in [4.78, 5) is 8.95. The largest absolute Gasteiger partial charge is 0.402 e. The maximum Gasteiger partial charge on any atom is 0.261 e. The van der Waals surface area contributed by atoms with Crippen LogP contribution in [0.3, 0.4) is 0 Å². The molecule has 0 spiro atoms. The molecule has 0 bridgehead atoms. The highest BCUT2D eigenvalue weighted by atomic mass is 32.1. The van der Waals surface area contributed by atoms with Gasteiger partial charge in [-0.15, -0.1) is 11.3 Å². The molecule has 0 fully saturated rings. The highest BCUT2D eigenvalue weighted by molar-refractivity contribution is 7.13. The van der Waals surface area contributed by atoms with E-state index < -0.39 is 8.32 Å². The molecule has 0 saturated heterocycles. The molecule has 7 heteroatoms. The lowest BCUT2D eigenvalue weighted by Gasteiger charge is -2.44. The van der Waals surface area contributed by atoms with E-state index in [2.05, 4.69) is 98.3 Å². The molecule has 2 aromatic carbocycles. The Morgan fingerprint density at radius 2 is 1.57 bits per heavy atom. The summed E-state index contributed by atoms with van der Waals surface area (Å²) < 4.78 is 13.3. The van der Waals surface area contributed by atoms with Gasteiger partial charge >= 0.3 is 0 Å². The lowest BCUT2D eigenvalue weighted by molar-refractivity contribution is 0.0436. The van der Waals surface area contributed by atoms with Gasteiger partial charge in [0.15, 0.2) is 5.13 Å². The molecule has 4 aromatic rings. The molecule has 0 aliphatic heterocycles. The Balaban J connectivity index is 1.55. The summed E-state index contributed by atoms with van der Waals surface area (Å²) in [5.41, 5.74) is 8.46. The van der Waals surface area contributed by atoms with Gasteiger partial charge in [-0.05, 0) is 34.5 Å². The van der Waals surface area contributed by atoms with E-state index in [0.717, 1.165) is 17.0 Å². The first kappa shape index (κ1) is 25.3. The van der Waals surface area contributed by atoms with E-state index in [1.807, 2.05) is 17.5 Å². The van der Waals surface area contributed by atoms with Crippen LogP contribution in [0.25, 0.3) is 11.3 Å². The third kappa shape index (κ3) is 5.54. The molecule has 0 unspecified atom stereocenters. The van der Waals surface area contributed by atoms with Crippen LogP contribution in [0.15, 0.2) is 84.4 Å². The van der Waals surface area contributed by atoms with Crippen molar-refractivity contribution in [2.45, 2.75) is 45.4 Å². The van der Waals surface area contributed by atoms with Crippen LogP contribution in [0.5, 0.6) is 0 Å². The predicted octanol–water partition coefficient (Wildman–Crippen LogP) is 5.27. The van der Waals surface area contributed by atoms with Crippen molar-refractivity contribution in [3.63, 3.8) is 0 Å². The highest BCUT2D eigenvalue weighted by Crippen LogP contribution is 2.37. The van der Waals surface area contributed by atoms with Crippen LogP contribution in [-0.2, 0) is 15.8 Å². The average molecular weight is 504 g/mol. The fourth-order valence-corrected chi connectivity index (χ4v) is 9.80. The third-order valence-electron chi connectivity index (χ3n) is 6.07. The Bertz CT molecular complexity index is 1190. The minimum Gasteiger partial charge on any atom is -0.402 e. The Hall–Kier alpha value is -2.84. The number of aromatic nitrogens is 2. The summed E-state index contributed by atoms with van der Waals surface area (Å²) in [6.07, 6.45) is 1.67. The van der Waals surface area contributed by atoms with Gasteiger partial charge in [-0.1, -0.05) is 81.4 Å². The van der Waals surface area contributed by atoms with Crippen molar-refractivity contribution in [3.05, 3.63) is 90.1 Å². The van der Waals surface area contributed by atoms with Gasteiger partial charge in [0.25, 0.3) is 8.32 Å². The summed E-state index contributed by atoms with van der Waals surface area (Å²) in [6, 6.07) is 25.3. The molecule has 2 heterocycles. The Morgan fingerprint density at radius 3 is 2.11 bits per heavy atom. The van der Waals surface area contributed by atoms with Crippen molar-refractivity contribution < 1.29 is 9.16 Å². The zero-order chi connectivity index (χ0) is 24.9. The molecule has 182 valence electrons. The molecular formula is C28H33N3O2SSi. The molecule has 35 heavy (non-hydrogen) atoms. The van der Waals surface area contributed by atoms with Crippen LogP contribution >= 0.6 is 11.3 Å². The predicted molar refractivity (Wildman–Crippen MR) is 148 cm³/mol. The SMILES string of the molecule is C[C@H](COCc1ncccc1-c1csc(N)n1)O[Si](c1ccccc1)(c1ccccc1)C(C)(C)C. The zero-order valence-corrected chi connectivity index (χ0v) is 22.6. The number of nitrogens with two attached hydrogens (primary N) is 1. The molecule has 2 N–H and O–H groups in total. The average Bonchev–Trinajstić information content (AvgIpc) is 3.29. The maximum atomic E-state index is 7.10. The van der Waals surface area contributed by atoms with Crippen LogP contribution < -0.4 is 16.1 Å². The van der Waals surface area contributed by atoms with Crippen molar-refractivity contribution in [3.8, 4) is 11.3 Å². The van der Waals surface area contributed by atoms with Crippen LogP contribution in [0, 0.1) is 0 Å². The second-order valence-corrected chi connectivity index (χ2v) is 14.8. The molecule has 0 aliphatic carbocycles. The van der Waals surface area contributed by atoms with E-state index in [9.17, 15) is 0 Å². The van der Waals surface area contributed by atoms with E-state index in [4.69, 9.17) is 14.9 Å². The maximum absolute atomic E-state index is 7.10. The molecular weight excluding hydrogens is 470 g/mol. The fourth-order valence-electron chi connectivity index (χ4n) is 4.55. The number of benzene rings is 2. The normalized spacial score (nSPS) is 13.0. The standard InChI is InChI=1S/C28H33N3O2SSi/c1-21(18-32-19-25-24(16-11-17-30-25)26-20-34-27(29)31-26)33-35(28(2,3)4,22-12-7-5-8-13-22)23-14-9-6-10-15-23/h5-17,20-21H,18-19H2,1-4H3,(H2,29,31)/t21-/m1/s1. The van der Waals surface area contributed by atoms with Crippen molar-refractivity contribution in [2.75, 3.05) is 12.3 Å². The topological polar surface area (TPSA) is 70.3 Å². The first-order chi connectivity index (χ1) is 16.8. The molecule has 0 amide bonds. The molecule has 5 nitrogen and oxygen atoms in total. The van der Waals surface area contributed by atoms with Gasteiger partial charge in [-0.3, -0.25) is 4.98 Å². The van der Waals surface area contributed by atoms with Gasteiger partial charge in [-0.2, -0.15) is 0 Å². The Kier molecular flexibility index (Phi) is 7.81. The number of hydrogen-bond donors (Lipinski definition) is 1. The van der Waals surface area contributed by atoms with E-state index in [1.54, 1.807) is 6.20 Å². The quantitative estimate of drug-likeness (QED) is 0.315. The fraction of sp³-hybridized carbons (Fsp3) is 0.286. The molecule has 4 rings (SSSR count). The minimum atomic E-state index is -2.62. The third-order valence-corrected chi connectivity index (χ3v) is 11.9. The summed E-state index contributed by atoms with van der Waals surface area (Å²) in [6.45, 7) is 9.78. The van der Waals surface area contributed by atoms with E-state index >= 15 is 0 Å². The van der Waals surface area contributed by atoms with Gasteiger partial charge in [-0.25, -0.2) is 4.98 Å². The van der Waals surface area contributed by atoms with Crippen LogP contribution in [0.4, 0.5) is 5.13 Å². The number of anilines is 1. The summed E-state index contributed by atoms with van der Waals surface area (Å²) >= 11 is 1.42. The summed E-state index contributed by atoms with van der Waals surface area (Å²) in [5, 5.41) is 4.94. The van der Waals surface area contributed by atoms with Crippen LogP contribution in [0.2, 0.25) is 5.04 Å². The zero-order valence-electron chi connectivity index (χ0n) is 20.8. The molecule has 1 atom stereocenters. The summed E-state index contributed by atoms with van der Waals surface area (Å²) in [5.74, 6) is 0. The Morgan fingerprint density at radius 1 is 0.943 bits per heavy atom. The van der Waals surface area contributed by atoms with Crippen molar-refractivity contribution in [1.29, 1.82) is 0 Å². The van der Waals surface area contributed by atoms with Gasteiger partial charge < -0.3 is 14.9 Å². The van der Waals surface area contributed by atoms with Gasteiger partial charge in [0.2, 0.25) is 0 Å². The van der Waals surface area contributed by atoms with Crippen molar-refractivity contribution in [2.24, 2.45) is 0 Å². The number of pyridine rings is 1. The van der Waals surface area contributed by atoms with Gasteiger partial charge in [0, 0.05) is 17.1 Å². The minimum absolute atomic E-state index is 0.0807. The lowest BCUT2D eigenvalue weighted by atomic mass is 10.1. The number of nitrogens with zero attached hydrogens (tertiary/aromatic N) is 2. The van der Waals surface area contributed by atoms with Crippen molar-refractivity contribution in [1.82, 2.24) is 9.97 Å². The molecule has 0 aliphatic rings.